The molecule has 0 radical (unpaired) electrons. The summed E-state index contributed by atoms with van der Waals surface area (Å²) < 4.78 is 25.2. The number of carbonyl (C=O) groups is 2. The van der Waals surface area contributed by atoms with Gasteiger partial charge in [-0.3, -0.25) is 9.59 Å². The first-order valence-corrected chi connectivity index (χ1v) is 9.92. The molecule has 2 aromatic carbocycles. The number of rotatable bonds is 3. The zero-order chi connectivity index (χ0) is 19.1. The first kappa shape index (κ1) is 18.4. The number of sulfonamides is 1. The first-order valence-electron chi connectivity index (χ1n) is 7.93. The Labute approximate surface area is 156 Å². The molecule has 1 fully saturated rings. The maximum Gasteiger partial charge on any atom is 0.257 e. The molecule has 1 aliphatic heterocycles. The van der Waals surface area contributed by atoms with Gasteiger partial charge in [-0.25, -0.2) is 12.7 Å². The van der Waals surface area contributed by atoms with E-state index in [9.17, 15) is 18.0 Å². The third kappa shape index (κ3) is 3.45. The van der Waals surface area contributed by atoms with Crippen molar-refractivity contribution in [3.8, 4) is 0 Å². The van der Waals surface area contributed by atoms with Crippen LogP contribution in [0.3, 0.4) is 0 Å². The highest BCUT2D eigenvalue weighted by Gasteiger charge is 2.42. The van der Waals surface area contributed by atoms with Crippen molar-refractivity contribution in [3.05, 3.63) is 58.6 Å². The Bertz CT molecular complexity index is 987. The largest absolute Gasteiger partial charge is 0.322 e. The van der Waals surface area contributed by atoms with Gasteiger partial charge in [0.1, 0.15) is 0 Å². The van der Waals surface area contributed by atoms with Gasteiger partial charge in [-0.05, 0) is 37.3 Å². The van der Waals surface area contributed by atoms with Gasteiger partial charge in [-0.1, -0.05) is 36.2 Å². The Hall–Kier alpha value is -2.38. The van der Waals surface area contributed by atoms with E-state index in [0.717, 1.165) is 9.87 Å². The van der Waals surface area contributed by atoms with E-state index in [-0.39, 0.29) is 22.0 Å². The zero-order valence-corrected chi connectivity index (χ0v) is 15.8. The lowest BCUT2D eigenvalue weighted by Gasteiger charge is -2.17. The normalized spacial score (nSPS) is 18.8. The molecule has 1 saturated heterocycles. The molecular formula is C18H17ClN2O4S. The molecule has 26 heavy (non-hydrogen) atoms. The Balaban J connectivity index is 1.94. The molecule has 1 aliphatic rings. The van der Waals surface area contributed by atoms with Gasteiger partial charge in [0, 0.05) is 5.69 Å². The fraction of sp³-hybridized carbons (Fsp3) is 0.222. The summed E-state index contributed by atoms with van der Waals surface area (Å²) in [6, 6.07) is 11.3. The van der Waals surface area contributed by atoms with Crippen LogP contribution >= 0.6 is 11.6 Å². The van der Waals surface area contributed by atoms with Crippen LogP contribution in [0, 0.1) is 12.8 Å². The molecule has 0 spiro atoms. The average molecular weight is 393 g/mol. The second-order valence-electron chi connectivity index (χ2n) is 6.27. The highest BCUT2D eigenvalue weighted by Crippen LogP contribution is 2.31. The van der Waals surface area contributed by atoms with Crippen LogP contribution in [0.15, 0.2) is 42.5 Å². The van der Waals surface area contributed by atoms with Crippen LogP contribution in [-0.4, -0.2) is 26.0 Å². The monoisotopic (exact) mass is 392 g/mol. The molecule has 2 aromatic rings. The first-order chi connectivity index (χ1) is 12.2. The molecule has 0 saturated carbocycles. The molecule has 1 atom stereocenters. The highest BCUT2D eigenvalue weighted by atomic mass is 35.5. The Morgan fingerprint density at radius 3 is 2.42 bits per heavy atom. The number of nitrogens with zero attached hydrogens (tertiary/aromatic N) is 1. The van der Waals surface area contributed by atoms with E-state index in [1.54, 1.807) is 19.1 Å². The number of hydrogen-bond donors (Lipinski definition) is 1. The summed E-state index contributed by atoms with van der Waals surface area (Å²) in [4.78, 5) is 24.8. The minimum Gasteiger partial charge on any atom is -0.322 e. The van der Waals surface area contributed by atoms with Crippen LogP contribution in [0.5, 0.6) is 0 Å². The number of anilines is 2. The lowest BCUT2D eigenvalue weighted by molar-refractivity contribution is -0.119. The molecule has 0 aliphatic carbocycles. The molecular weight excluding hydrogens is 376 g/mol. The topological polar surface area (TPSA) is 83.6 Å². The van der Waals surface area contributed by atoms with Crippen molar-refractivity contribution in [3.63, 3.8) is 0 Å². The predicted molar refractivity (Wildman–Crippen MR) is 101 cm³/mol. The maximum absolute atomic E-state index is 12.5. The fourth-order valence-electron chi connectivity index (χ4n) is 2.74. The Morgan fingerprint density at radius 2 is 1.85 bits per heavy atom. The van der Waals surface area contributed by atoms with Crippen molar-refractivity contribution < 1.29 is 18.0 Å². The molecule has 1 unspecified atom stereocenters. The number of hydrogen-bond acceptors (Lipinski definition) is 4. The van der Waals surface area contributed by atoms with Gasteiger partial charge in [0.05, 0.1) is 27.9 Å². The van der Waals surface area contributed by atoms with Crippen LogP contribution in [0.25, 0.3) is 0 Å². The molecule has 1 N–H and O–H groups in total. The van der Waals surface area contributed by atoms with Crippen LogP contribution in [0.2, 0.25) is 5.02 Å². The molecule has 0 aromatic heterocycles. The van der Waals surface area contributed by atoms with Gasteiger partial charge in [0.15, 0.2) is 0 Å². The molecule has 1 heterocycles. The smallest absolute Gasteiger partial charge is 0.257 e. The number of halogens is 1. The molecule has 136 valence electrons. The second-order valence-corrected chi connectivity index (χ2v) is 8.54. The van der Waals surface area contributed by atoms with Crippen molar-refractivity contribution in [2.75, 3.05) is 15.4 Å². The molecule has 0 bridgehead atoms. The van der Waals surface area contributed by atoms with Crippen LogP contribution in [0.4, 0.5) is 11.4 Å². The summed E-state index contributed by atoms with van der Waals surface area (Å²) in [5, 5.41) is 2.87. The van der Waals surface area contributed by atoms with Gasteiger partial charge >= 0.3 is 0 Å². The summed E-state index contributed by atoms with van der Waals surface area (Å²) in [5.41, 5.74) is 1.83. The third-order valence-electron chi connectivity index (χ3n) is 4.10. The summed E-state index contributed by atoms with van der Waals surface area (Å²) in [5.74, 6) is -1.88. The number of nitrogens with one attached hydrogen (secondary N) is 1. The predicted octanol–water partition coefficient (Wildman–Crippen LogP) is 3.21. The van der Waals surface area contributed by atoms with E-state index in [4.69, 9.17) is 11.6 Å². The molecule has 3 rings (SSSR count). The van der Waals surface area contributed by atoms with Crippen molar-refractivity contribution in [2.45, 2.75) is 13.8 Å². The number of benzene rings is 2. The summed E-state index contributed by atoms with van der Waals surface area (Å²) in [7, 11) is -3.75. The fourth-order valence-corrected chi connectivity index (χ4v) is 4.75. The Morgan fingerprint density at radius 1 is 1.19 bits per heavy atom. The Kier molecular flexibility index (Phi) is 4.77. The number of carbonyl (C=O) groups excluding carboxylic acids is 2. The minimum absolute atomic E-state index is 0.0901. The van der Waals surface area contributed by atoms with Crippen LogP contribution in [0.1, 0.15) is 22.8 Å². The highest BCUT2D eigenvalue weighted by molar-refractivity contribution is 7.94. The van der Waals surface area contributed by atoms with Crippen molar-refractivity contribution >= 4 is 44.8 Å². The summed E-state index contributed by atoms with van der Waals surface area (Å²) >= 11 is 6.11. The average Bonchev–Trinajstić information content (AvgIpc) is 2.78. The van der Waals surface area contributed by atoms with E-state index in [2.05, 4.69) is 5.32 Å². The van der Waals surface area contributed by atoms with Crippen molar-refractivity contribution in [1.82, 2.24) is 0 Å². The van der Waals surface area contributed by atoms with E-state index in [1.807, 2.05) is 19.1 Å². The van der Waals surface area contributed by atoms with E-state index in [0.29, 0.717) is 5.69 Å². The van der Waals surface area contributed by atoms with Gasteiger partial charge in [0.25, 0.3) is 5.91 Å². The lowest BCUT2D eigenvalue weighted by atomic mass is 10.1. The molecule has 2 amide bonds. The third-order valence-corrected chi connectivity index (χ3v) is 6.30. The SMILES string of the molecule is Cc1ccc(NC(=O)c2cc(N3C(=O)C(C)CS3(=O)=O)ccc2Cl)cc1. The molecule has 8 heteroatoms. The van der Waals surface area contributed by atoms with E-state index >= 15 is 0 Å². The molecule has 6 nitrogen and oxygen atoms in total. The standard InChI is InChI=1S/C18H17ClN2O4S/c1-11-3-5-13(6-4-11)20-17(22)15-9-14(7-8-16(15)19)21-18(23)12(2)10-26(21,24)25/h3-9,12H,10H2,1-2H3,(H,20,22). The lowest BCUT2D eigenvalue weighted by Crippen LogP contribution is -2.30. The van der Waals surface area contributed by atoms with Gasteiger partial charge in [-0.2, -0.15) is 0 Å². The second kappa shape index (κ2) is 6.74. The van der Waals surface area contributed by atoms with Gasteiger partial charge < -0.3 is 5.32 Å². The van der Waals surface area contributed by atoms with Gasteiger partial charge in [0.2, 0.25) is 15.9 Å². The van der Waals surface area contributed by atoms with E-state index in [1.165, 1.54) is 18.2 Å². The maximum atomic E-state index is 12.5. The summed E-state index contributed by atoms with van der Waals surface area (Å²) in [6.07, 6.45) is 0. The summed E-state index contributed by atoms with van der Waals surface area (Å²) in [6.45, 7) is 3.49. The van der Waals surface area contributed by atoms with Crippen LogP contribution < -0.4 is 9.62 Å². The quantitative estimate of drug-likeness (QED) is 0.869. The number of aryl methyl sites for hydroxylation is 1. The van der Waals surface area contributed by atoms with Crippen molar-refractivity contribution in [1.29, 1.82) is 0 Å². The van der Waals surface area contributed by atoms with E-state index < -0.39 is 27.8 Å². The zero-order valence-electron chi connectivity index (χ0n) is 14.2. The van der Waals surface area contributed by atoms with Crippen molar-refractivity contribution in [2.24, 2.45) is 5.92 Å². The minimum atomic E-state index is -3.75. The van der Waals surface area contributed by atoms with Crippen LogP contribution in [-0.2, 0) is 14.8 Å². The number of amides is 2. The van der Waals surface area contributed by atoms with Gasteiger partial charge in [-0.15, -0.1) is 0 Å².